The van der Waals surface area contributed by atoms with E-state index < -0.39 is 10.0 Å². The minimum absolute atomic E-state index is 0.146. The fraction of sp³-hybridized carbons (Fsp3) is 0.188. The van der Waals surface area contributed by atoms with Crippen LogP contribution in [0, 0.1) is 5.82 Å². The summed E-state index contributed by atoms with van der Waals surface area (Å²) in [5.74, 6) is 0.0483. The lowest BCUT2D eigenvalue weighted by Gasteiger charge is -2.10. The molecule has 0 saturated heterocycles. The second kappa shape index (κ2) is 7.06. The van der Waals surface area contributed by atoms with Crippen LogP contribution in [-0.4, -0.2) is 31.8 Å². The van der Waals surface area contributed by atoms with Crippen molar-refractivity contribution in [3.05, 3.63) is 52.3 Å². The first-order chi connectivity index (χ1) is 11.8. The topological polar surface area (TPSA) is 63.4 Å². The molecule has 0 unspecified atom stereocenters. The molecule has 3 rings (SSSR count). The van der Waals surface area contributed by atoms with Gasteiger partial charge >= 0.3 is 0 Å². The minimum atomic E-state index is -3.53. The van der Waals surface area contributed by atoms with E-state index in [4.69, 9.17) is 4.42 Å². The van der Waals surface area contributed by atoms with Crippen molar-refractivity contribution in [2.24, 2.45) is 0 Å². The Labute approximate surface area is 157 Å². The SMILES string of the molecule is CN(C)S(=O)(=O)c1ccc2oc(SCc3cc(Br)ccc3F)nc2c1. The number of sulfonamides is 1. The first-order valence-corrected chi connectivity index (χ1v) is 10.4. The third-order valence-corrected chi connectivity index (χ3v) is 6.66. The maximum absolute atomic E-state index is 13.8. The average Bonchev–Trinajstić information content (AvgIpc) is 2.97. The first kappa shape index (κ1) is 18.4. The lowest BCUT2D eigenvalue weighted by Crippen LogP contribution is -2.22. The van der Waals surface area contributed by atoms with Gasteiger partial charge in [0.2, 0.25) is 10.0 Å². The van der Waals surface area contributed by atoms with Gasteiger partial charge in [0.1, 0.15) is 11.3 Å². The molecule has 0 amide bonds. The molecule has 0 radical (unpaired) electrons. The van der Waals surface area contributed by atoms with Gasteiger partial charge in [0.25, 0.3) is 5.22 Å². The number of rotatable bonds is 5. The van der Waals surface area contributed by atoms with Gasteiger partial charge < -0.3 is 4.42 Å². The van der Waals surface area contributed by atoms with E-state index in [2.05, 4.69) is 20.9 Å². The van der Waals surface area contributed by atoms with Crippen molar-refractivity contribution in [2.75, 3.05) is 14.1 Å². The minimum Gasteiger partial charge on any atom is -0.431 e. The molecule has 0 aliphatic carbocycles. The molecule has 0 aliphatic rings. The van der Waals surface area contributed by atoms with Crippen molar-refractivity contribution in [1.82, 2.24) is 9.29 Å². The number of aromatic nitrogens is 1. The zero-order valence-electron chi connectivity index (χ0n) is 13.4. The van der Waals surface area contributed by atoms with Gasteiger partial charge in [-0.3, -0.25) is 0 Å². The summed E-state index contributed by atoms with van der Waals surface area (Å²) in [5.41, 5.74) is 1.45. The third kappa shape index (κ3) is 3.89. The van der Waals surface area contributed by atoms with E-state index in [1.54, 1.807) is 18.2 Å². The van der Waals surface area contributed by atoms with Crippen molar-refractivity contribution in [2.45, 2.75) is 15.9 Å². The lowest BCUT2D eigenvalue weighted by molar-refractivity contribution is 0.489. The first-order valence-electron chi connectivity index (χ1n) is 7.17. The van der Waals surface area contributed by atoms with Crippen LogP contribution < -0.4 is 0 Å². The molecular weight excluding hydrogens is 431 g/mol. The fourth-order valence-corrected chi connectivity index (χ4v) is 4.26. The Morgan fingerprint density at radius 2 is 2.00 bits per heavy atom. The Kier molecular flexibility index (Phi) is 5.19. The van der Waals surface area contributed by atoms with Gasteiger partial charge in [0.05, 0.1) is 4.90 Å². The van der Waals surface area contributed by atoms with Crippen LogP contribution in [0.15, 0.2) is 55.4 Å². The number of nitrogens with zero attached hydrogens (tertiary/aromatic N) is 2. The lowest BCUT2D eigenvalue weighted by atomic mass is 10.2. The summed E-state index contributed by atoms with van der Waals surface area (Å²) in [6, 6.07) is 9.25. The summed E-state index contributed by atoms with van der Waals surface area (Å²) in [6.07, 6.45) is 0. The number of hydrogen-bond donors (Lipinski definition) is 0. The molecule has 0 atom stereocenters. The van der Waals surface area contributed by atoms with Crippen LogP contribution in [-0.2, 0) is 15.8 Å². The summed E-state index contributed by atoms with van der Waals surface area (Å²) >= 11 is 4.56. The molecule has 132 valence electrons. The predicted molar refractivity (Wildman–Crippen MR) is 98.5 cm³/mol. The highest BCUT2D eigenvalue weighted by molar-refractivity contribution is 9.10. The Morgan fingerprint density at radius 3 is 2.72 bits per heavy atom. The highest BCUT2D eigenvalue weighted by Crippen LogP contribution is 2.29. The summed E-state index contributed by atoms with van der Waals surface area (Å²) in [7, 11) is -0.598. The van der Waals surface area contributed by atoms with Crippen molar-refractivity contribution in [1.29, 1.82) is 0 Å². The van der Waals surface area contributed by atoms with Crippen LogP contribution in [0.3, 0.4) is 0 Å². The molecule has 1 aromatic heterocycles. The number of fused-ring (bicyclic) bond motifs is 1. The van der Waals surface area contributed by atoms with Crippen LogP contribution in [0.25, 0.3) is 11.1 Å². The quantitative estimate of drug-likeness (QED) is 0.549. The molecule has 25 heavy (non-hydrogen) atoms. The van der Waals surface area contributed by atoms with Crippen molar-refractivity contribution in [3.8, 4) is 0 Å². The Bertz CT molecular complexity index is 1040. The molecule has 1 heterocycles. The van der Waals surface area contributed by atoms with Crippen LogP contribution in [0.1, 0.15) is 5.56 Å². The van der Waals surface area contributed by atoms with Gasteiger partial charge in [-0.1, -0.05) is 27.7 Å². The van der Waals surface area contributed by atoms with Crippen LogP contribution in [0.4, 0.5) is 4.39 Å². The number of benzene rings is 2. The van der Waals surface area contributed by atoms with E-state index >= 15 is 0 Å². The van der Waals surface area contributed by atoms with Gasteiger partial charge in [-0.15, -0.1) is 0 Å². The van der Waals surface area contributed by atoms with E-state index in [0.29, 0.717) is 27.6 Å². The van der Waals surface area contributed by atoms with Crippen molar-refractivity contribution >= 4 is 48.8 Å². The smallest absolute Gasteiger partial charge is 0.257 e. The van der Waals surface area contributed by atoms with Gasteiger partial charge in [-0.05, 0) is 42.0 Å². The standard InChI is InChI=1S/C16H14BrFN2O3S2/c1-20(2)25(21,22)12-4-6-15-14(8-12)19-16(23-15)24-9-10-7-11(17)3-5-13(10)18/h3-8H,9H2,1-2H3. The highest BCUT2D eigenvalue weighted by atomic mass is 79.9. The molecule has 0 saturated carbocycles. The largest absolute Gasteiger partial charge is 0.431 e. The average molecular weight is 445 g/mol. The molecule has 0 N–H and O–H groups in total. The predicted octanol–water partition coefficient (Wildman–Crippen LogP) is 4.27. The number of thioether (sulfide) groups is 1. The Hall–Kier alpha value is -1.42. The number of oxazole rings is 1. The van der Waals surface area contributed by atoms with E-state index in [9.17, 15) is 12.8 Å². The summed E-state index contributed by atoms with van der Waals surface area (Å²) in [4.78, 5) is 4.44. The second-order valence-corrected chi connectivity index (χ2v) is 9.42. The van der Waals surface area contributed by atoms with Crippen LogP contribution >= 0.6 is 27.7 Å². The zero-order valence-corrected chi connectivity index (χ0v) is 16.6. The molecule has 2 aromatic carbocycles. The van der Waals surface area contributed by atoms with Crippen LogP contribution in [0.2, 0.25) is 0 Å². The summed E-state index contributed by atoms with van der Waals surface area (Å²) < 4.78 is 45.7. The van der Waals surface area contributed by atoms with E-state index in [1.165, 1.54) is 44.1 Å². The Balaban J connectivity index is 1.85. The molecule has 0 spiro atoms. The summed E-state index contributed by atoms with van der Waals surface area (Å²) in [5, 5.41) is 0.355. The normalized spacial score (nSPS) is 12.2. The third-order valence-electron chi connectivity index (χ3n) is 3.48. The number of halogens is 2. The molecule has 0 fully saturated rings. The molecule has 9 heteroatoms. The molecule has 3 aromatic rings. The maximum Gasteiger partial charge on any atom is 0.257 e. The maximum atomic E-state index is 13.8. The molecular formula is C16H14BrFN2O3S2. The molecule has 0 bridgehead atoms. The Morgan fingerprint density at radius 1 is 1.24 bits per heavy atom. The van der Waals surface area contributed by atoms with Crippen molar-refractivity contribution < 1.29 is 17.2 Å². The van der Waals surface area contributed by atoms with E-state index in [0.717, 1.165) is 8.78 Å². The van der Waals surface area contributed by atoms with Crippen LogP contribution in [0.5, 0.6) is 0 Å². The van der Waals surface area contributed by atoms with Gasteiger partial charge in [-0.25, -0.2) is 22.1 Å². The molecule has 0 aliphatic heterocycles. The van der Waals surface area contributed by atoms with Gasteiger partial charge in [0.15, 0.2) is 5.58 Å². The monoisotopic (exact) mass is 444 g/mol. The van der Waals surface area contributed by atoms with Crippen molar-refractivity contribution in [3.63, 3.8) is 0 Å². The van der Waals surface area contributed by atoms with E-state index in [1.807, 2.05) is 0 Å². The number of hydrogen-bond acceptors (Lipinski definition) is 5. The fourth-order valence-electron chi connectivity index (χ4n) is 2.11. The van der Waals surface area contributed by atoms with Gasteiger partial charge in [-0.2, -0.15) is 0 Å². The van der Waals surface area contributed by atoms with Gasteiger partial charge in [0, 0.05) is 24.3 Å². The second-order valence-electron chi connectivity index (χ2n) is 5.42. The summed E-state index contributed by atoms with van der Waals surface area (Å²) in [6.45, 7) is 0. The highest BCUT2D eigenvalue weighted by Gasteiger charge is 2.19. The zero-order chi connectivity index (χ0) is 18.2. The molecule has 5 nitrogen and oxygen atoms in total. The van der Waals surface area contributed by atoms with E-state index in [-0.39, 0.29) is 10.7 Å².